The first-order valence-corrected chi connectivity index (χ1v) is 14.0. The maximum atomic E-state index is 13.2. The van der Waals surface area contributed by atoms with Crippen LogP contribution in [-0.2, 0) is 33.6 Å². The smallest absolute Gasteiger partial charge is 0.254 e. The minimum Gasteiger partial charge on any atom is -0.378 e. The molecule has 0 bridgehead atoms. The summed E-state index contributed by atoms with van der Waals surface area (Å²) in [7, 11) is 0. The topological polar surface area (TPSA) is 128 Å². The standard InChI is InChI=1S/C33H38N4O4/c34-30(22-26-11-14-27(15-12-26)33(40)37-17-19-41-20-18-37)32(39)36-29(16-13-24-7-3-1-4-8-24)23-28(31(35)38)21-25-9-5-2-6-10-25/h1-12,14-15,23,29-30H,13,16-22,34H2,(H2,35,38)(H,36,39)/b28-23+/t29-,30-/m0/s1. The van der Waals surface area contributed by atoms with Crippen LogP contribution >= 0.6 is 0 Å². The largest absolute Gasteiger partial charge is 0.378 e. The van der Waals surface area contributed by atoms with Gasteiger partial charge in [0.25, 0.3) is 5.91 Å². The van der Waals surface area contributed by atoms with Gasteiger partial charge >= 0.3 is 0 Å². The van der Waals surface area contributed by atoms with Crippen LogP contribution in [0.4, 0.5) is 0 Å². The molecule has 0 aliphatic carbocycles. The molecular weight excluding hydrogens is 516 g/mol. The van der Waals surface area contributed by atoms with Crippen molar-refractivity contribution in [3.8, 4) is 0 Å². The number of hydrogen-bond donors (Lipinski definition) is 3. The number of carbonyl (C=O) groups excluding carboxylic acids is 3. The quantitative estimate of drug-likeness (QED) is 0.297. The van der Waals surface area contributed by atoms with E-state index in [2.05, 4.69) is 5.32 Å². The number of morpholine rings is 1. The first kappa shape index (κ1) is 29.7. The average molecular weight is 555 g/mol. The monoisotopic (exact) mass is 554 g/mol. The molecule has 0 unspecified atom stereocenters. The summed E-state index contributed by atoms with van der Waals surface area (Å²) in [6, 6.07) is 25.5. The SMILES string of the molecule is NC(=O)/C(=C/[C@H](CCc1ccccc1)NC(=O)[C@@H](N)Cc1ccc(C(=O)N2CCOCC2)cc1)Cc1ccccc1. The second-order valence-electron chi connectivity index (χ2n) is 10.3. The molecule has 214 valence electrons. The molecule has 41 heavy (non-hydrogen) atoms. The van der Waals surface area contributed by atoms with Gasteiger partial charge in [0.2, 0.25) is 11.8 Å². The molecule has 4 rings (SSSR count). The van der Waals surface area contributed by atoms with E-state index in [1.165, 1.54) is 0 Å². The van der Waals surface area contributed by atoms with Crippen molar-refractivity contribution in [1.82, 2.24) is 10.2 Å². The van der Waals surface area contributed by atoms with E-state index in [0.29, 0.717) is 63.1 Å². The van der Waals surface area contributed by atoms with Crippen molar-refractivity contribution in [2.45, 2.75) is 37.8 Å². The molecule has 0 radical (unpaired) electrons. The molecule has 8 heteroatoms. The Hall–Kier alpha value is -4.27. The van der Waals surface area contributed by atoms with Gasteiger partial charge in [0.05, 0.1) is 19.3 Å². The maximum absolute atomic E-state index is 13.2. The van der Waals surface area contributed by atoms with E-state index in [0.717, 1.165) is 16.7 Å². The minimum absolute atomic E-state index is 0.0318. The van der Waals surface area contributed by atoms with E-state index in [1.807, 2.05) is 72.8 Å². The molecule has 3 amide bonds. The van der Waals surface area contributed by atoms with Crippen molar-refractivity contribution in [3.63, 3.8) is 0 Å². The maximum Gasteiger partial charge on any atom is 0.254 e. The Bertz CT molecular complexity index is 1320. The summed E-state index contributed by atoms with van der Waals surface area (Å²) in [4.78, 5) is 40.0. The second kappa shape index (κ2) is 14.9. The van der Waals surface area contributed by atoms with Crippen molar-refractivity contribution >= 4 is 17.7 Å². The number of benzene rings is 3. The Morgan fingerprint density at radius 1 is 0.854 bits per heavy atom. The first-order chi connectivity index (χ1) is 19.9. The molecule has 1 fully saturated rings. The minimum atomic E-state index is -0.811. The molecule has 0 spiro atoms. The van der Waals surface area contributed by atoms with Crippen molar-refractivity contribution in [1.29, 1.82) is 0 Å². The third-order valence-corrected chi connectivity index (χ3v) is 7.16. The molecule has 8 nitrogen and oxygen atoms in total. The highest BCUT2D eigenvalue weighted by Gasteiger charge is 2.21. The number of aryl methyl sites for hydroxylation is 1. The van der Waals surface area contributed by atoms with Crippen LogP contribution in [0.15, 0.2) is 96.6 Å². The van der Waals surface area contributed by atoms with Gasteiger partial charge in [0.15, 0.2) is 0 Å². The lowest BCUT2D eigenvalue weighted by molar-refractivity contribution is -0.123. The Kier molecular flexibility index (Phi) is 10.8. The molecule has 2 atom stereocenters. The number of nitrogens with zero attached hydrogens (tertiary/aromatic N) is 1. The zero-order valence-corrected chi connectivity index (χ0v) is 23.2. The van der Waals surface area contributed by atoms with Crippen LogP contribution in [0.25, 0.3) is 0 Å². The van der Waals surface area contributed by atoms with Crippen LogP contribution in [0.2, 0.25) is 0 Å². The van der Waals surface area contributed by atoms with Gasteiger partial charge in [-0.15, -0.1) is 0 Å². The van der Waals surface area contributed by atoms with E-state index in [-0.39, 0.29) is 11.8 Å². The number of primary amides is 1. The number of rotatable bonds is 12. The number of carbonyl (C=O) groups is 3. The Labute approximate surface area is 241 Å². The van der Waals surface area contributed by atoms with Gasteiger partial charge < -0.3 is 26.4 Å². The summed E-state index contributed by atoms with van der Waals surface area (Å²) in [5.41, 5.74) is 16.0. The van der Waals surface area contributed by atoms with Crippen LogP contribution in [-0.4, -0.2) is 61.0 Å². The predicted octanol–water partition coefficient (Wildman–Crippen LogP) is 2.80. The second-order valence-corrected chi connectivity index (χ2v) is 10.3. The normalized spacial score (nSPS) is 15.1. The van der Waals surface area contributed by atoms with Gasteiger partial charge in [-0.1, -0.05) is 78.9 Å². The van der Waals surface area contributed by atoms with E-state index in [1.54, 1.807) is 23.1 Å². The highest BCUT2D eigenvalue weighted by molar-refractivity contribution is 5.94. The van der Waals surface area contributed by atoms with Gasteiger partial charge in [-0.2, -0.15) is 0 Å². The molecule has 0 aromatic heterocycles. The third kappa shape index (κ3) is 9.13. The van der Waals surface area contributed by atoms with Crippen molar-refractivity contribution in [2.24, 2.45) is 11.5 Å². The molecule has 5 N–H and O–H groups in total. The Morgan fingerprint density at radius 3 is 2.07 bits per heavy atom. The highest BCUT2D eigenvalue weighted by Crippen LogP contribution is 2.14. The summed E-state index contributed by atoms with van der Waals surface area (Å²) in [5.74, 6) is -0.879. The highest BCUT2D eigenvalue weighted by atomic mass is 16.5. The fraction of sp³-hybridized carbons (Fsp3) is 0.303. The lowest BCUT2D eigenvalue weighted by atomic mass is 9.98. The lowest BCUT2D eigenvalue weighted by Crippen LogP contribution is -2.46. The lowest BCUT2D eigenvalue weighted by Gasteiger charge is -2.27. The number of amides is 3. The molecular formula is C33H38N4O4. The van der Waals surface area contributed by atoms with Gasteiger partial charge in [0.1, 0.15) is 0 Å². The van der Waals surface area contributed by atoms with Gasteiger partial charge in [-0.05, 0) is 48.1 Å². The Morgan fingerprint density at radius 2 is 1.46 bits per heavy atom. The molecule has 3 aromatic carbocycles. The molecule has 0 saturated carbocycles. The van der Waals surface area contributed by atoms with Gasteiger partial charge in [-0.3, -0.25) is 14.4 Å². The fourth-order valence-corrected chi connectivity index (χ4v) is 4.82. The zero-order chi connectivity index (χ0) is 29.0. The number of ether oxygens (including phenoxy) is 1. The van der Waals surface area contributed by atoms with E-state index in [9.17, 15) is 14.4 Å². The van der Waals surface area contributed by atoms with Crippen molar-refractivity contribution in [2.75, 3.05) is 26.3 Å². The molecule has 1 heterocycles. The third-order valence-electron chi connectivity index (χ3n) is 7.16. The van der Waals surface area contributed by atoms with Crippen molar-refractivity contribution < 1.29 is 19.1 Å². The molecule has 3 aromatic rings. The van der Waals surface area contributed by atoms with Crippen LogP contribution in [0.5, 0.6) is 0 Å². The van der Waals surface area contributed by atoms with Gasteiger partial charge in [0, 0.05) is 36.7 Å². The zero-order valence-electron chi connectivity index (χ0n) is 23.2. The van der Waals surface area contributed by atoms with E-state index >= 15 is 0 Å². The van der Waals surface area contributed by atoms with Crippen LogP contribution in [0.1, 0.15) is 33.5 Å². The number of nitrogens with two attached hydrogens (primary N) is 2. The Balaban J connectivity index is 1.42. The number of hydrogen-bond acceptors (Lipinski definition) is 5. The van der Waals surface area contributed by atoms with Gasteiger partial charge in [-0.25, -0.2) is 0 Å². The van der Waals surface area contributed by atoms with Crippen LogP contribution < -0.4 is 16.8 Å². The summed E-state index contributed by atoms with van der Waals surface area (Å²) in [5, 5.41) is 3.03. The van der Waals surface area contributed by atoms with E-state index < -0.39 is 18.0 Å². The average Bonchev–Trinajstić information content (AvgIpc) is 3.01. The summed E-state index contributed by atoms with van der Waals surface area (Å²) < 4.78 is 5.32. The van der Waals surface area contributed by atoms with Crippen molar-refractivity contribution in [3.05, 3.63) is 119 Å². The van der Waals surface area contributed by atoms with E-state index in [4.69, 9.17) is 16.2 Å². The predicted molar refractivity (Wildman–Crippen MR) is 159 cm³/mol. The molecule has 1 saturated heterocycles. The van der Waals surface area contributed by atoms with Crippen LogP contribution in [0, 0.1) is 0 Å². The fourth-order valence-electron chi connectivity index (χ4n) is 4.82. The first-order valence-electron chi connectivity index (χ1n) is 14.0. The molecule has 1 aliphatic rings. The summed E-state index contributed by atoms with van der Waals surface area (Å²) in [6.45, 7) is 2.24. The van der Waals surface area contributed by atoms with Crippen LogP contribution in [0.3, 0.4) is 0 Å². The summed E-state index contributed by atoms with van der Waals surface area (Å²) in [6.07, 6.45) is 3.71. The number of nitrogens with one attached hydrogen (secondary N) is 1. The summed E-state index contributed by atoms with van der Waals surface area (Å²) >= 11 is 0. The molecule has 1 aliphatic heterocycles.